The Morgan fingerprint density at radius 1 is 1.27 bits per heavy atom. The van der Waals surface area contributed by atoms with Gasteiger partial charge in [-0.25, -0.2) is 0 Å². The maximum atomic E-state index is 12.2. The van der Waals surface area contributed by atoms with E-state index in [0.29, 0.717) is 22.9 Å². The highest BCUT2D eigenvalue weighted by Gasteiger charge is 2.22. The predicted molar refractivity (Wildman–Crippen MR) is 95.0 cm³/mol. The molecule has 0 saturated heterocycles. The molecule has 0 bridgehead atoms. The Kier molecular flexibility index (Phi) is 5.03. The summed E-state index contributed by atoms with van der Waals surface area (Å²) in [4.78, 5) is 22.8. The van der Waals surface area contributed by atoms with Gasteiger partial charge >= 0.3 is 5.69 Å². The maximum absolute atomic E-state index is 12.2. The molecule has 0 fully saturated rings. The van der Waals surface area contributed by atoms with Crippen LogP contribution < -0.4 is 5.32 Å². The Morgan fingerprint density at radius 2 is 2.00 bits per heavy atom. The predicted octanol–water partition coefficient (Wildman–Crippen LogP) is 2.24. The third-order valence-corrected chi connectivity index (χ3v) is 4.67. The van der Waals surface area contributed by atoms with E-state index in [-0.39, 0.29) is 23.1 Å². The zero-order chi connectivity index (χ0) is 18.7. The summed E-state index contributed by atoms with van der Waals surface area (Å²) in [6.45, 7) is 3.85. The lowest BCUT2D eigenvalue weighted by molar-refractivity contribution is -0.386. The zero-order valence-corrected chi connectivity index (χ0v) is 15.0. The van der Waals surface area contributed by atoms with Crippen molar-refractivity contribution in [3.05, 3.63) is 67.4 Å². The van der Waals surface area contributed by atoms with Gasteiger partial charge in [0.1, 0.15) is 16.4 Å². The van der Waals surface area contributed by atoms with Gasteiger partial charge in [-0.1, -0.05) is 41.7 Å². The Hall–Kier alpha value is -3.14. The van der Waals surface area contributed by atoms with Crippen LogP contribution in [-0.2, 0) is 13.1 Å². The summed E-state index contributed by atoms with van der Waals surface area (Å²) in [6.07, 6.45) is 0. The van der Waals surface area contributed by atoms with Crippen molar-refractivity contribution in [3.8, 4) is 0 Å². The zero-order valence-electron chi connectivity index (χ0n) is 14.2. The van der Waals surface area contributed by atoms with Crippen LogP contribution in [0, 0.1) is 24.0 Å². The van der Waals surface area contributed by atoms with Crippen molar-refractivity contribution in [1.29, 1.82) is 0 Å². The minimum absolute atomic E-state index is 0.00431. The Morgan fingerprint density at radius 3 is 2.65 bits per heavy atom. The summed E-state index contributed by atoms with van der Waals surface area (Å²) in [5, 5.41) is 26.7. The quantitative estimate of drug-likeness (QED) is 0.524. The van der Waals surface area contributed by atoms with E-state index in [4.69, 9.17) is 0 Å². The van der Waals surface area contributed by atoms with Gasteiger partial charge in [0, 0.05) is 6.54 Å². The molecule has 0 unspecified atom stereocenters. The van der Waals surface area contributed by atoms with Crippen molar-refractivity contribution in [1.82, 2.24) is 25.3 Å². The molecular formula is C16H16N6O3S. The minimum atomic E-state index is -0.448. The number of aromatic nitrogens is 4. The Balaban J connectivity index is 1.67. The molecule has 1 amide bonds. The molecule has 0 spiro atoms. The number of hydrogen-bond donors (Lipinski definition) is 1. The molecule has 0 aliphatic heterocycles. The average Bonchev–Trinajstić information content (AvgIpc) is 3.18. The first-order chi connectivity index (χ1) is 12.5. The number of amides is 1. The summed E-state index contributed by atoms with van der Waals surface area (Å²) in [6, 6.07) is 9.55. The van der Waals surface area contributed by atoms with Gasteiger partial charge in [-0.05, 0) is 19.4 Å². The van der Waals surface area contributed by atoms with E-state index < -0.39 is 4.92 Å². The topological polar surface area (TPSA) is 116 Å². The molecule has 0 radical (unpaired) electrons. The molecule has 3 aromatic rings. The molecule has 1 aromatic carbocycles. The fraction of sp³-hybridized carbons (Fsp3) is 0.250. The van der Waals surface area contributed by atoms with Gasteiger partial charge in [0.15, 0.2) is 0 Å². The molecule has 1 N–H and O–H groups in total. The van der Waals surface area contributed by atoms with Crippen LogP contribution in [0.25, 0.3) is 0 Å². The third kappa shape index (κ3) is 3.75. The molecule has 10 heteroatoms. The smallest absolute Gasteiger partial charge is 0.312 e. The van der Waals surface area contributed by atoms with E-state index in [9.17, 15) is 14.9 Å². The molecule has 2 heterocycles. The summed E-state index contributed by atoms with van der Waals surface area (Å²) in [7, 11) is 0. The average molecular weight is 372 g/mol. The standard InChI is InChI=1S/C16H16N6O3S/c1-10-14(22(24)25)11(2)21(20-10)9-13-18-19-16(26-13)15(23)17-8-12-6-4-3-5-7-12/h3-7H,8-9H2,1-2H3,(H,17,23). The first-order valence-corrected chi connectivity index (χ1v) is 8.60. The number of carbonyl (C=O) groups is 1. The first kappa shape index (κ1) is 17.7. The number of nitrogens with one attached hydrogen (secondary N) is 1. The lowest BCUT2D eigenvalue weighted by atomic mass is 10.2. The summed E-state index contributed by atoms with van der Waals surface area (Å²) in [5.41, 5.74) is 1.77. The first-order valence-electron chi connectivity index (χ1n) is 7.78. The number of carbonyl (C=O) groups excluding carboxylic acids is 1. The van der Waals surface area contributed by atoms with Gasteiger partial charge < -0.3 is 5.32 Å². The van der Waals surface area contributed by atoms with Crippen molar-refractivity contribution < 1.29 is 9.72 Å². The molecule has 0 aliphatic carbocycles. The van der Waals surface area contributed by atoms with Crippen molar-refractivity contribution in [2.75, 3.05) is 0 Å². The van der Waals surface area contributed by atoms with E-state index >= 15 is 0 Å². The van der Waals surface area contributed by atoms with E-state index in [1.807, 2.05) is 30.3 Å². The third-order valence-electron chi connectivity index (χ3n) is 3.77. The van der Waals surface area contributed by atoms with Crippen LogP contribution in [-0.4, -0.2) is 30.8 Å². The van der Waals surface area contributed by atoms with Gasteiger partial charge in [0.25, 0.3) is 5.91 Å². The van der Waals surface area contributed by atoms with E-state index in [1.54, 1.807) is 13.8 Å². The lowest BCUT2D eigenvalue weighted by Crippen LogP contribution is -2.22. The summed E-state index contributed by atoms with van der Waals surface area (Å²) in [5.74, 6) is -0.308. The monoisotopic (exact) mass is 372 g/mol. The molecule has 26 heavy (non-hydrogen) atoms. The van der Waals surface area contributed by atoms with Crippen molar-refractivity contribution >= 4 is 22.9 Å². The fourth-order valence-electron chi connectivity index (χ4n) is 2.50. The Labute approximate surface area is 152 Å². The largest absolute Gasteiger partial charge is 0.346 e. The normalized spacial score (nSPS) is 10.7. The molecule has 0 saturated carbocycles. The fourth-order valence-corrected chi connectivity index (χ4v) is 3.24. The van der Waals surface area contributed by atoms with Crippen molar-refractivity contribution in [2.45, 2.75) is 26.9 Å². The van der Waals surface area contributed by atoms with Crippen LogP contribution in [0.3, 0.4) is 0 Å². The highest BCUT2D eigenvalue weighted by Crippen LogP contribution is 2.23. The molecule has 2 aromatic heterocycles. The molecular weight excluding hydrogens is 356 g/mol. The highest BCUT2D eigenvalue weighted by molar-refractivity contribution is 7.13. The lowest BCUT2D eigenvalue weighted by Gasteiger charge is -2.02. The summed E-state index contributed by atoms with van der Waals surface area (Å²) < 4.78 is 1.50. The molecule has 0 atom stereocenters. The molecule has 0 aliphatic rings. The van der Waals surface area contributed by atoms with Crippen LogP contribution >= 0.6 is 11.3 Å². The number of aryl methyl sites for hydroxylation is 1. The van der Waals surface area contributed by atoms with Gasteiger partial charge in [0.2, 0.25) is 5.01 Å². The van der Waals surface area contributed by atoms with Gasteiger partial charge in [-0.2, -0.15) is 5.10 Å². The number of nitro groups is 1. The van der Waals surface area contributed by atoms with E-state index in [2.05, 4.69) is 20.6 Å². The molecule has 9 nitrogen and oxygen atoms in total. The second-order valence-electron chi connectivity index (χ2n) is 5.60. The van der Waals surface area contributed by atoms with Crippen LogP contribution in [0.1, 0.15) is 31.8 Å². The second kappa shape index (κ2) is 7.40. The van der Waals surface area contributed by atoms with E-state index in [0.717, 1.165) is 16.9 Å². The Bertz CT molecular complexity index is 950. The van der Waals surface area contributed by atoms with Crippen LogP contribution in [0.5, 0.6) is 0 Å². The molecule has 3 rings (SSSR count). The van der Waals surface area contributed by atoms with Crippen LogP contribution in [0.15, 0.2) is 30.3 Å². The SMILES string of the molecule is Cc1nn(Cc2nnc(C(=O)NCc3ccccc3)s2)c(C)c1[N+](=O)[O-]. The van der Waals surface area contributed by atoms with Crippen molar-refractivity contribution in [2.24, 2.45) is 0 Å². The van der Waals surface area contributed by atoms with Gasteiger partial charge in [-0.15, -0.1) is 10.2 Å². The summed E-state index contributed by atoms with van der Waals surface area (Å²) >= 11 is 1.14. The van der Waals surface area contributed by atoms with Gasteiger partial charge in [0.05, 0.1) is 11.5 Å². The highest BCUT2D eigenvalue weighted by atomic mass is 32.1. The molecule has 134 valence electrons. The van der Waals surface area contributed by atoms with Gasteiger partial charge in [-0.3, -0.25) is 19.6 Å². The second-order valence-corrected chi connectivity index (χ2v) is 6.67. The minimum Gasteiger partial charge on any atom is -0.346 e. The number of benzene rings is 1. The number of rotatable bonds is 6. The number of hydrogen-bond acceptors (Lipinski definition) is 7. The maximum Gasteiger partial charge on any atom is 0.312 e. The van der Waals surface area contributed by atoms with Crippen molar-refractivity contribution in [3.63, 3.8) is 0 Å². The number of nitrogens with zero attached hydrogens (tertiary/aromatic N) is 5. The van der Waals surface area contributed by atoms with Crippen LogP contribution in [0.4, 0.5) is 5.69 Å². The van der Waals surface area contributed by atoms with Crippen LogP contribution in [0.2, 0.25) is 0 Å². The van der Waals surface area contributed by atoms with E-state index in [1.165, 1.54) is 4.68 Å².